The largest absolute Gasteiger partial charge is 0.472 e. The Morgan fingerprint density at radius 3 is 2.66 bits per heavy atom. The fourth-order valence-electron chi connectivity index (χ4n) is 4.76. The minimum absolute atomic E-state index is 0.0387. The molecule has 1 aliphatic rings. The van der Waals surface area contributed by atoms with Crippen LogP contribution in [0.15, 0.2) is 71.5 Å². The number of hydrogen-bond donors (Lipinski definition) is 0. The van der Waals surface area contributed by atoms with Crippen LogP contribution in [0, 0.1) is 5.92 Å². The summed E-state index contributed by atoms with van der Waals surface area (Å²) >= 11 is 0. The summed E-state index contributed by atoms with van der Waals surface area (Å²) in [6.45, 7) is 10.7. The molecule has 1 saturated heterocycles. The first kappa shape index (κ1) is 23.2. The molecule has 5 nitrogen and oxygen atoms in total. The highest BCUT2D eigenvalue weighted by Crippen LogP contribution is 2.39. The summed E-state index contributed by atoms with van der Waals surface area (Å²) in [5.41, 5.74) is 5.20. The van der Waals surface area contributed by atoms with E-state index in [1.165, 1.54) is 0 Å². The van der Waals surface area contributed by atoms with E-state index in [0.717, 1.165) is 52.7 Å². The number of amides is 1. The smallest absolute Gasteiger partial charge is 0.257 e. The number of hydrogen-bond acceptors (Lipinski definition) is 4. The Kier molecular flexibility index (Phi) is 6.10. The van der Waals surface area contributed by atoms with Crippen LogP contribution in [0.25, 0.3) is 22.1 Å². The van der Waals surface area contributed by atoms with Gasteiger partial charge in [0.15, 0.2) is 0 Å². The minimum Gasteiger partial charge on any atom is -0.472 e. The molecule has 0 aliphatic carbocycles. The topological polar surface area (TPSA) is 55.6 Å². The molecule has 3 heterocycles. The van der Waals surface area contributed by atoms with E-state index in [1.807, 2.05) is 53.4 Å². The van der Waals surface area contributed by atoms with Crippen LogP contribution in [-0.2, 0) is 12.0 Å². The van der Waals surface area contributed by atoms with Crippen molar-refractivity contribution in [3.63, 3.8) is 0 Å². The van der Waals surface area contributed by atoms with Crippen molar-refractivity contribution >= 4 is 16.9 Å². The Balaban J connectivity index is 1.59. The van der Waals surface area contributed by atoms with E-state index < -0.39 is 0 Å². The highest BCUT2D eigenvalue weighted by atomic mass is 16.5. The summed E-state index contributed by atoms with van der Waals surface area (Å²) in [4.78, 5) is 19.9. The number of rotatable bonds is 5. The number of likely N-dealkylation sites (tertiary alicyclic amines) is 1. The van der Waals surface area contributed by atoms with E-state index >= 15 is 0 Å². The van der Waals surface area contributed by atoms with Gasteiger partial charge in [0.1, 0.15) is 18.5 Å². The molecule has 0 radical (unpaired) electrons. The second-order valence-electron chi connectivity index (χ2n) is 10.6. The van der Waals surface area contributed by atoms with E-state index in [2.05, 4.69) is 38.7 Å². The van der Waals surface area contributed by atoms with Gasteiger partial charge in [-0.15, -0.1) is 0 Å². The van der Waals surface area contributed by atoms with Crippen molar-refractivity contribution in [2.75, 3.05) is 13.1 Å². The van der Waals surface area contributed by atoms with Gasteiger partial charge in [0, 0.05) is 35.8 Å². The van der Waals surface area contributed by atoms with E-state index in [1.54, 1.807) is 12.5 Å². The molecule has 0 spiro atoms. The van der Waals surface area contributed by atoms with E-state index in [0.29, 0.717) is 24.0 Å². The van der Waals surface area contributed by atoms with Crippen molar-refractivity contribution in [2.24, 2.45) is 5.92 Å². The third-order valence-electron chi connectivity index (χ3n) is 6.72. The van der Waals surface area contributed by atoms with Gasteiger partial charge in [0.25, 0.3) is 5.91 Å². The molecule has 0 unspecified atom stereocenters. The molecule has 5 heteroatoms. The van der Waals surface area contributed by atoms with Crippen LogP contribution >= 0.6 is 0 Å². The summed E-state index contributed by atoms with van der Waals surface area (Å²) in [5.74, 6) is 1.13. The number of nitrogens with zero attached hydrogens (tertiary/aromatic N) is 2. The van der Waals surface area contributed by atoms with E-state index in [-0.39, 0.29) is 11.3 Å². The molecule has 2 aromatic heterocycles. The summed E-state index contributed by atoms with van der Waals surface area (Å²) in [7, 11) is 0. The average Bonchev–Trinajstić information content (AvgIpc) is 3.48. The van der Waals surface area contributed by atoms with Gasteiger partial charge in [-0.3, -0.25) is 4.79 Å². The molecule has 1 atom stereocenters. The van der Waals surface area contributed by atoms with Crippen LogP contribution in [0.2, 0.25) is 0 Å². The van der Waals surface area contributed by atoms with Gasteiger partial charge in [0.05, 0.1) is 5.56 Å². The maximum atomic E-state index is 13.4. The first-order chi connectivity index (χ1) is 16.8. The highest BCUT2D eigenvalue weighted by molar-refractivity contribution is 6.08. The molecule has 0 bridgehead atoms. The van der Waals surface area contributed by atoms with Gasteiger partial charge in [0.2, 0.25) is 5.88 Å². The quantitative estimate of drug-likeness (QED) is 0.321. The number of pyridine rings is 1. The Morgan fingerprint density at radius 2 is 1.94 bits per heavy atom. The van der Waals surface area contributed by atoms with Crippen molar-refractivity contribution in [1.82, 2.24) is 9.88 Å². The van der Waals surface area contributed by atoms with Gasteiger partial charge < -0.3 is 14.1 Å². The first-order valence-electron chi connectivity index (χ1n) is 12.3. The second kappa shape index (κ2) is 9.21. The van der Waals surface area contributed by atoms with Crippen LogP contribution in [0.4, 0.5) is 0 Å². The lowest BCUT2D eigenvalue weighted by molar-refractivity contribution is 0.0789. The maximum Gasteiger partial charge on any atom is 0.257 e. The predicted octanol–water partition coefficient (Wildman–Crippen LogP) is 6.85. The fourth-order valence-corrected chi connectivity index (χ4v) is 4.76. The molecular formula is C30H32N2O3. The van der Waals surface area contributed by atoms with Crippen LogP contribution in [0.1, 0.15) is 55.6 Å². The van der Waals surface area contributed by atoms with Crippen molar-refractivity contribution in [3.05, 3.63) is 83.7 Å². The summed E-state index contributed by atoms with van der Waals surface area (Å²) in [6.07, 6.45) is 4.41. The Labute approximate surface area is 206 Å². The SMILES string of the molecule is C[C@H]1CCN(C(=O)c2coc3c(C(C)(C)C)cc(-c4cccnc4OCc4ccccc4)cc23)C1. The lowest BCUT2D eigenvalue weighted by atomic mass is 9.84. The van der Waals surface area contributed by atoms with E-state index in [9.17, 15) is 4.79 Å². The molecule has 1 fully saturated rings. The number of benzene rings is 2. The number of ether oxygens (including phenoxy) is 1. The monoisotopic (exact) mass is 468 g/mol. The molecule has 1 aliphatic heterocycles. The maximum absolute atomic E-state index is 13.4. The minimum atomic E-state index is -0.179. The van der Waals surface area contributed by atoms with E-state index in [4.69, 9.17) is 9.15 Å². The van der Waals surface area contributed by atoms with Crippen molar-refractivity contribution in [3.8, 4) is 17.0 Å². The molecule has 2 aromatic carbocycles. The third kappa shape index (κ3) is 4.68. The number of carbonyl (C=O) groups excluding carboxylic acids is 1. The van der Waals surface area contributed by atoms with Crippen molar-refractivity contribution in [1.29, 1.82) is 0 Å². The van der Waals surface area contributed by atoms with Gasteiger partial charge in [-0.2, -0.15) is 0 Å². The standard InChI is InChI=1S/C30H32N2O3/c1-20-12-14-32(17-20)29(33)25-19-34-27-24(25)15-22(16-26(27)30(2,3)4)23-11-8-13-31-28(23)35-18-21-9-6-5-7-10-21/h5-11,13,15-16,19-20H,12,14,17-18H2,1-4H3/t20-/m0/s1. The van der Waals surface area contributed by atoms with Gasteiger partial charge in [-0.1, -0.05) is 58.0 Å². The van der Waals surface area contributed by atoms with Crippen molar-refractivity contribution < 1.29 is 13.9 Å². The molecule has 0 N–H and O–H groups in total. The van der Waals surface area contributed by atoms with Gasteiger partial charge in [-0.05, 0) is 53.1 Å². The van der Waals surface area contributed by atoms with Crippen LogP contribution in [-0.4, -0.2) is 28.9 Å². The molecule has 35 heavy (non-hydrogen) atoms. The molecule has 1 amide bonds. The van der Waals surface area contributed by atoms with Crippen molar-refractivity contribution in [2.45, 2.75) is 46.1 Å². The first-order valence-corrected chi connectivity index (χ1v) is 12.3. The zero-order valence-electron chi connectivity index (χ0n) is 20.9. The lowest BCUT2D eigenvalue weighted by Crippen LogP contribution is -2.28. The van der Waals surface area contributed by atoms with Gasteiger partial charge in [-0.25, -0.2) is 4.98 Å². The molecule has 4 aromatic rings. The normalized spacial score (nSPS) is 16.1. The zero-order valence-corrected chi connectivity index (χ0v) is 20.9. The summed E-state index contributed by atoms with van der Waals surface area (Å²) in [5, 5.41) is 0.842. The highest BCUT2D eigenvalue weighted by Gasteiger charge is 2.29. The summed E-state index contributed by atoms with van der Waals surface area (Å²) < 4.78 is 12.2. The molecular weight excluding hydrogens is 436 g/mol. The molecule has 180 valence electrons. The Hall–Kier alpha value is -3.60. The van der Waals surface area contributed by atoms with Crippen LogP contribution in [0.3, 0.4) is 0 Å². The summed E-state index contributed by atoms with van der Waals surface area (Å²) in [6, 6.07) is 18.2. The second-order valence-corrected chi connectivity index (χ2v) is 10.6. The average molecular weight is 469 g/mol. The van der Waals surface area contributed by atoms with Gasteiger partial charge >= 0.3 is 0 Å². The number of aromatic nitrogens is 1. The van der Waals surface area contributed by atoms with Crippen LogP contribution in [0.5, 0.6) is 5.88 Å². The molecule has 5 rings (SSSR count). The Bertz CT molecular complexity index is 1350. The third-order valence-corrected chi connectivity index (χ3v) is 6.72. The number of fused-ring (bicyclic) bond motifs is 1. The van der Waals surface area contributed by atoms with Crippen LogP contribution < -0.4 is 4.74 Å². The Morgan fingerprint density at radius 1 is 1.14 bits per heavy atom. The predicted molar refractivity (Wildman–Crippen MR) is 139 cm³/mol. The fraction of sp³-hybridized carbons (Fsp3) is 0.333. The molecule has 0 saturated carbocycles. The number of carbonyl (C=O) groups is 1. The number of furan rings is 1. The lowest BCUT2D eigenvalue weighted by Gasteiger charge is -2.21. The zero-order chi connectivity index (χ0) is 24.6.